The van der Waals surface area contributed by atoms with Gasteiger partial charge in [0.15, 0.2) is 18.2 Å². The molecule has 0 aliphatic heterocycles. The molecule has 0 radical (unpaired) electrons. The van der Waals surface area contributed by atoms with E-state index in [4.69, 9.17) is 9.26 Å². The van der Waals surface area contributed by atoms with Gasteiger partial charge in [-0.25, -0.2) is 0 Å². The lowest BCUT2D eigenvalue weighted by Gasteiger charge is -2.03. The maximum atomic E-state index is 11.1. The lowest BCUT2D eigenvalue weighted by atomic mass is 10.1. The zero-order chi connectivity index (χ0) is 13.0. The zero-order valence-corrected chi connectivity index (χ0v) is 10.3. The predicted octanol–water partition coefficient (Wildman–Crippen LogP) is 2.41. The molecule has 0 fully saturated rings. The molecule has 2 aromatic rings. The zero-order valence-electron chi connectivity index (χ0n) is 10.3. The molecular formula is C13H14N2O3. The fourth-order valence-electron chi connectivity index (χ4n) is 1.42. The van der Waals surface area contributed by atoms with Crippen LogP contribution >= 0.6 is 0 Å². The lowest BCUT2D eigenvalue weighted by molar-refractivity contribution is 0.101. The monoisotopic (exact) mass is 246 g/mol. The molecule has 0 amide bonds. The highest BCUT2D eigenvalue weighted by atomic mass is 16.5. The molecule has 0 aliphatic carbocycles. The smallest absolute Gasteiger partial charge is 0.264 e. The van der Waals surface area contributed by atoms with Gasteiger partial charge in [-0.2, -0.15) is 4.98 Å². The van der Waals surface area contributed by atoms with Gasteiger partial charge >= 0.3 is 0 Å². The van der Waals surface area contributed by atoms with E-state index in [1.165, 1.54) is 6.92 Å². The summed E-state index contributed by atoms with van der Waals surface area (Å²) < 4.78 is 10.5. The van der Waals surface area contributed by atoms with E-state index in [-0.39, 0.29) is 12.4 Å². The van der Waals surface area contributed by atoms with Gasteiger partial charge in [0.1, 0.15) is 5.75 Å². The van der Waals surface area contributed by atoms with Crippen LogP contribution in [0.3, 0.4) is 0 Å². The normalized spacial score (nSPS) is 10.3. The molecule has 18 heavy (non-hydrogen) atoms. The van der Waals surface area contributed by atoms with Gasteiger partial charge in [-0.3, -0.25) is 4.79 Å². The summed E-state index contributed by atoms with van der Waals surface area (Å²) >= 11 is 0. The average molecular weight is 246 g/mol. The summed E-state index contributed by atoms with van der Waals surface area (Å²) in [6.07, 6.45) is 0.733. The van der Waals surface area contributed by atoms with Crippen LogP contribution in [0.2, 0.25) is 0 Å². The molecular weight excluding hydrogens is 232 g/mol. The lowest BCUT2D eigenvalue weighted by Crippen LogP contribution is -1.97. The van der Waals surface area contributed by atoms with Gasteiger partial charge in [0.2, 0.25) is 0 Å². The molecule has 0 saturated carbocycles. The van der Waals surface area contributed by atoms with Gasteiger partial charge in [-0.05, 0) is 31.2 Å². The number of aromatic nitrogens is 2. The van der Waals surface area contributed by atoms with Crippen molar-refractivity contribution in [2.75, 3.05) is 0 Å². The van der Waals surface area contributed by atoms with Crippen molar-refractivity contribution in [3.63, 3.8) is 0 Å². The molecule has 1 aromatic carbocycles. The van der Waals surface area contributed by atoms with Crippen LogP contribution in [0.4, 0.5) is 0 Å². The van der Waals surface area contributed by atoms with E-state index in [1.807, 2.05) is 6.92 Å². The van der Waals surface area contributed by atoms with Crippen molar-refractivity contribution in [2.45, 2.75) is 26.9 Å². The number of ketones is 1. The molecule has 2 rings (SSSR count). The van der Waals surface area contributed by atoms with Crippen LogP contribution in [-0.4, -0.2) is 15.9 Å². The number of ether oxygens (including phenoxy) is 1. The second-order valence-corrected chi connectivity index (χ2v) is 3.83. The number of hydrogen-bond donors (Lipinski definition) is 0. The molecule has 0 saturated heterocycles. The number of Topliss-reactive ketones (excluding diaryl/α,β-unsaturated/α-hetero) is 1. The molecule has 0 N–H and O–H groups in total. The summed E-state index contributed by atoms with van der Waals surface area (Å²) in [6.45, 7) is 3.71. The van der Waals surface area contributed by atoms with Gasteiger partial charge in [0, 0.05) is 12.0 Å². The van der Waals surface area contributed by atoms with Crippen molar-refractivity contribution in [1.82, 2.24) is 10.1 Å². The largest absolute Gasteiger partial charge is 0.484 e. The van der Waals surface area contributed by atoms with Gasteiger partial charge in [-0.1, -0.05) is 12.1 Å². The maximum absolute atomic E-state index is 11.1. The van der Waals surface area contributed by atoms with Crippen LogP contribution in [0, 0.1) is 0 Å². The van der Waals surface area contributed by atoms with Crippen molar-refractivity contribution in [1.29, 1.82) is 0 Å². The number of rotatable bonds is 5. The molecule has 5 heteroatoms. The fraction of sp³-hybridized carbons (Fsp3) is 0.308. The summed E-state index contributed by atoms with van der Waals surface area (Å²) in [4.78, 5) is 15.2. The first-order valence-corrected chi connectivity index (χ1v) is 5.74. The van der Waals surface area contributed by atoms with Crippen LogP contribution in [-0.2, 0) is 13.0 Å². The number of benzene rings is 1. The van der Waals surface area contributed by atoms with Crippen molar-refractivity contribution in [3.8, 4) is 5.75 Å². The van der Waals surface area contributed by atoms with Crippen LogP contribution in [0.5, 0.6) is 5.75 Å². The Hall–Kier alpha value is -2.17. The minimum Gasteiger partial charge on any atom is -0.484 e. The van der Waals surface area contributed by atoms with Crippen molar-refractivity contribution < 1.29 is 14.1 Å². The Bertz CT molecular complexity index is 531. The predicted molar refractivity (Wildman–Crippen MR) is 64.5 cm³/mol. The van der Waals surface area contributed by atoms with Gasteiger partial charge in [0.05, 0.1) is 0 Å². The average Bonchev–Trinajstić information content (AvgIpc) is 2.85. The first-order chi connectivity index (χ1) is 8.69. The minimum atomic E-state index is 0.0334. The highest BCUT2D eigenvalue weighted by Gasteiger charge is 2.05. The SMILES string of the molecule is CCc1noc(COc2ccc(C(C)=O)cc2)n1. The topological polar surface area (TPSA) is 65.2 Å². The number of aryl methyl sites for hydroxylation is 1. The molecule has 0 spiro atoms. The maximum Gasteiger partial charge on any atom is 0.264 e. The van der Waals surface area contributed by atoms with E-state index in [9.17, 15) is 4.79 Å². The highest BCUT2D eigenvalue weighted by Crippen LogP contribution is 2.14. The van der Waals surface area contributed by atoms with Crippen molar-refractivity contribution in [3.05, 3.63) is 41.5 Å². The quantitative estimate of drug-likeness (QED) is 0.758. The van der Waals surface area contributed by atoms with E-state index < -0.39 is 0 Å². The second kappa shape index (κ2) is 5.44. The molecule has 5 nitrogen and oxygen atoms in total. The standard InChI is InChI=1S/C13H14N2O3/c1-3-12-14-13(18-15-12)8-17-11-6-4-10(5-7-11)9(2)16/h4-7H,3,8H2,1-2H3. The number of nitrogens with zero attached hydrogens (tertiary/aromatic N) is 2. The third kappa shape index (κ3) is 2.94. The summed E-state index contributed by atoms with van der Waals surface area (Å²) in [7, 11) is 0. The second-order valence-electron chi connectivity index (χ2n) is 3.83. The summed E-state index contributed by atoms with van der Waals surface area (Å²) in [5.41, 5.74) is 0.661. The van der Waals surface area contributed by atoms with Crippen LogP contribution < -0.4 is 4.74 Å². The molecule has 1 heterocycles. The minimum absolute atomic E-state index is 0.0334. The van der Waals surface area contributed by atoms with Gasteiger partial charge in [0.25, 0.3) is 5.89 Å². The number of carbonyl (C=O) groups is 1. The van der Waals surface area contributed by atoms with E-state index in [0.29, 0.717) is 23.0 Å². The van der Waals surface area contributed by atoms with E-state index in [2.05, 4.69) is 10.1 Å². The molecule has 94 valence electrons. The van der Waals surface area contributed by atoms with Crippen molar-refractivity contribution >= 4 is 5.78 Å². The van der Waals surface area contributed by atoms with E-state index in [0.717, 1.165) is 6.42 Å². The van der Waals surface area contributed by atoms with Gasteiger partial charge < -0.3 is 9.26 Å². The summed E-state index contributed by atoms with van der Waals surface area (Å²) in [5, 5.41) is 3.77. The molecule has 0 unspecified atom stereocenters. The molecule has 1 aromatic heterocycles. The van der Waals surface area contributed by atoms with Crippen molar-refractivity contribution in [2.24, 2.45) is 0 Å². The Morgan fingerprint density at radius 2 is 2.06 bits per heavy atom. The molecule has 0 aliphatic rings. The molecule has 0 atom stereocenters. The Labute approximate surface area is 105 Å². The Morgan fingerprint density at radius 1 is 1.33 bits per heavy atom. The van der Waals surface area contributed by atoms with Gasteiger partial charge in [-0.15, -0.1) is 0 Å². The Morgan fingerprint density at radius 3 is 2.61 bits per heavy atom. The molecule has 0 bridgehead atoms. The third-order valence-electron chi connectivity index (χ3n) is 2.45. The third-order valence-corrected chi connectivity index (χ3v) is 2.45. The number of hydrogen-bond acceptors (Lipinski definition) is 5. The van der Waals surface area contributed by atoms with Crippen LogP contribution in [0.15, 0.2) is 28.8 Å². The number of carbonyl (C=O) groups excluding carboxylic acids is 1. The van der Waals surface area contributed by atoms with E-state index >= 15 is 0 Å². The highest BCUT2D eigenvalue weighted by molar-refractivity contribution is 5.94. The summed E-state index contributed by atoms with van der Waals surface area (Å²) in [5.74, 6) is 1.81. The Kier molecular flexibility index (Phi) is 3.72. The summed E-state index contributed by atoms with van der Waals surface area (Å²) in [6, 6.07) is 6.94. The first-order valence-electron chi connectivity index (χ1n) is 5.74. The van der Waals surface area contributed by atoms with Crippen LogP contribution in [0.1, 0.15) is 35.9 Å². The fourth-order valence-corrected chi connectivity index (χ4v) is 1.42. The van der Waals surface area contributed by atoms with E-state index in [1.54, 1.807) is 24.3 Å². The van der Waals surface area contributed by atoms with Crippen LogP contribution in [0.25, 0.3) is 0 Å². The first kappa shape index (κ1) is 12.3. The Balaban J connectivity index is 1.95.